The van der Waals surface area contributed by atoms with Crippen LogP contribution in [0.1, 0.15) is 69.9 Å². The molecule has 0 saturated carbocycles. The minimum absolute atomic E-state index is 0. The van der Waals surface area contributed by atoms with Crippen LogP contribution in [0.25, 0.3) is 6.08 Å². The van der Waals surface area contributed by atoms with Gasteiger partial charge in [-0.2, -0.15) is 0 Å². The number of rotatable bonds is 7. The molecule has 2 rings (SSSR count). The number of unbranched alkanes of at least 4 members (excludes halogenated alkanes) is 2. The molecule has 3 nitrogen and oxygen atoms in total. The topological polar surface area (TPSA) is 57.2 Å². The third kappa shape index (κ3) is 4.93. The van der Waals surface area contributed by atoms with Crippen molar-refractivity contribution in [1.82, 2.24) is 0 Å². The average Bonchev–Trinajstić information content (AvgIpc) is 2.50. The van der Waals surface area contributed by atoms with E-state index in [4.69, 9.17) is 0 Å². The Hall–Kier alpha value is -0.130. The van der Waals surface area contributed by atoms with Gasteiger partial charge in [-0.1, -0.05) is 57.7 Å². The van der Waals surface area contributed by atoms with Crippen molar-refractivity contribution in [2.24, 2.45) is 0 Å². The molecular weight excluding hydrogens is 319 g/mol. The minimum Gasteiger partial charge on any atom is -0.744 e. The molecule has 122 valence electrons. The maximum absolute atomic E-state index is 11.2. The monoisotopic (exact) mass is 344 g/mol. The first-order valence-corrected chi connectivity index (χ1v) is 9.61. The molecule has 0 bridgehead atoms. The van der Waals surface area contributed by atoms with E-state index in [1.165, 1.54) is 24.5 Å². The van der Waals surface area contributed by atoms with Gasteiger partial charge in [0.1, 0.15) is 10.1 Å². The molecule has 1 aromatic carbocycles. The fourth-order valence-electron chi connectivity index (χ4n) is 3.47. The van der Waals surface area contributed by atoms with Gasteiger partial charge in [-0.05, 0) is 47.9 Å². The van der Waals surface area contributed by atoms with Crippen LogP contribution in [0.3, 0.4) is 0 Å². The van der Waals surface area contributed by atoms with E-state index in [1.807, 2.05) is 12.1 Å². The van der Waals surface area contributed by atoms with E-state index in [2.05, 4.69) is 19.9 Å². The largest absolute Gasteiger partial charge is 1.00 e. The van der Waals surface area contributed by atoms with Gasteiger partial charge >= 0.3 is 29.6 Å². The third-order valence-electron chi connectivity index (χ3n) is 4.71. The van der Waals surface area contributed by atoms with Crippen LogP contribution in [-0.2, 0) is 15.5 Å². The Morgan fingerprint density at radius 1 is 1.13 bits per heavy atom. The molecular formula is C18H25NaO3S. The van der Waals surface area contributed by atoms with Crippen molar-refractivity contribution in [2.75, 3.05) is 0 Å². The molecule has 0 heterocycles. The fourth-order valence-corrected chi connectivity index (χ4v) is 3.97. The van der Waals surface area contributed by atoms with Crippen LogP contribution in [0, 0.1) is 0 Å². The first kappa shape index (κ1) is 20.9. The van der Waals surface area contributed by atoms with Crippen molar-refractivity contribution in [3.05, 3.63) is 35.4 Å². The molecule has 0 atom stereocenters. The van der Waals surface area contributed by atoms with E-state index < -0.39 is 10.1 Å². The summed E-state index contributed by atoms with van der Waals surface area (Å²) in [5.74, 6) is 0. The van der Waals surface area contributed by atoms with Crippen molar-refractivity contribution >= 4 is 16.2 Å². The van der Waals surface area contributed by atoms with E-state index in [0.29, 0.717) is 0 Å². The van der Waals surface area contributed by atoms with Crippen LogP contribution >= 0.6 is 0 Å². The quantitative estimate of drug-likeness (QED) is 0.558. The van der Waals surface area contributed by atoms with Gasteiger partial charge in [0, 0.05) is 0 Å². The Balaban J connectivity index is 0.00000264. The molecule has 0 amide bonds. The van der Waals surface area contributed by atoms with E-state index in [1.54, 1.807) is 6.07 Å². The van der Waals surface area contributed by atoms with Gasteiger partial charge in [-0.25, -0.2) is 8.42 Å². The molecule has 0 fully saturated rings. The average molecular weight is 344 g/mol. The first-order valence-electron chi connectivity index (χ1n) is 8.20. The van der Waals surface area contributed by atoms with Crippen LogP contribution in [-0.4, -0.2) is 13.0 Å². The summed E-state index contributed by atoms with van der Waals surface area (Å²) in [6.45, 7) is 4.39. The van der Waals surface area contributed by atoms with Crippen molar-refractivity contribution in [2.45, 2.75) is 69.1 Å². The Morgan fingerprint density at radius 2 is 1.74 bits per heavy atom. The Kier molecular flexibility index (Phi) is 8.02. The summed E-state index contributed by atoms with van der Waals surface area (Å²) in [7, 11) is -4.39. The Bertz CT molecular complexity index is 642. The zero-order chi connectivity index (χ0) is 16.2. The fraction of sp³-hybridized carbons (Fsp3) is 0.556. The summed E-state index contributed by atoms with van der Waals surface area (Å²) >= 11 is 0. The second-order valence-corrected chi connectivity index (χ2v) is 7.68. The molecule has 1 aliphatic rings. The molecule has 0 radical (unpaired) electrons. The van der Waals surface area contributed by atoms with E-state index in [-0.39, 0.29) is 39.9 Å². The molecule has 1 aromatic rings. The maximum atomic E-state index is 11.2. The molecule has 1 aliphatic carbocycles. The first-order chi connectivity index (χ1) is 10.4. The van der Waals surface area contributed by atoms with Gasteiger partial charge < -0.3 is 4.55 Å². The zero-order valence-electron chi connectivity index (χ0n) is 14.5. The van der Waals surface area contributed by atoms with Crippen LogP contribution in [0.2, 0.25) is 0 Å². The summed E-state index contributed by atoms with van der Waals surface area (Å²) in [4.78, 5) is -0.127. The SMILES string of the molecule is CCCCC1(CCCC)CC=Cc2cc(S(=O)(=O)[O-])ccc21.[Na+]. The molecule has 0 saturated heterocycles. The van der Waals surface area contributed by atoms with Crippen LogP contribution in [0.4, 0.5) is 0 Å². The number of hydrogen-bond donors (Lipinski definition) is 0. The maximum Gasteiger partial charge on any atom is 1.00 e. The van der Waals surface area contributed by atoms with Crippen molar-refractivity contribution in [1.29, 1.82) is 0 Å². The Labute approximate surface area is 162 Å². The molecule has 23 heavy (non-hydrogen) atoms. The number of allylic oxidation sites excluding steroid dienone is 1. The van der Waals surface area contributed by atoms with E-state index in [0.717, 1.165) is 37.7 Å². The number of fused-ring (bicyclic) bond motifs is 1. The van der Waals surface area contributed by atoms with Gasteiger partial charge in [0.25, 0.3) is 0 Å². The van der Waals surface area contributed by atoms with E-state index >= 15 is 0 Å². The molecule has 0 N–H and O–H groups in total. The summed E-state index contributed by atoms with van der Waals surface area (Å²) in [5, 5.41) is 0. The standard InChI is InChI=1S/C18H26O3S.Na/c1-3-5-11-18(12-6-4-2)13-7-8-15-14-16(22(19,20)21)9-10-17(15)18;/h7-10,14H,3-6,11-13H2,1-2H3,(H,19,20,21);/q;+1/p-1. The van der Waals surface area contributed by atoms with Gasteiger partial charge in [-0.3, -0.25) is 0 Å². The Morgan fingerprint density at radius 3 is 2.26 bits per heavy atom. The summed E-state index contributed by atoms with van der Waals surface area (Å²) < 4.78 is 33.7. The second kappa shape index (κ2) is 8.82. The van der Waals surface area contributed by atoms with Gasteiger partial charge in [-0.15, -0.1) is 0 Å². The normalized spacial score (nSPS) is 15.8. The third-order valence-corrected chi connectivity index (χ3v) is 5.54. The molecule has 0 unspecified atom stereocenters. The van der Waals surface area contributed by atoms with Gasteiger partial charge in [0.15, 0.2) is 0 Å². The van der Waals surface area contributed by atoms with E-state index in [9.17, 15) is 13.0 Å². The molecule has 0 spiro atoms. The van der Waals surface area contributed by atoms with Crippen molar-refractivity contribution < 1.29 is 42.5 Å². The summed E-state index contributed by atoms with van der Waals surface area (Å²) in [5.41, 5.74) is 2.21. The second-order valence-electron chi connectivity index (χ2n) is 6.30. The van der Waals surface area contributed by atoms with Crippen LogP contribution < -0.4 is 29.6 Å². The molecule has 0 aliphatic heterocycles. The molecule has 5 heteroatoms. The van der Waals surface area contributed by atoms with Crippen molar-refractivity contribution in [3.63, 3.8) is 0 Å². The summed E-state index contributed by atoms with van der Waals surface area (Å²) in [6, 6.07) is 4.89. The number of benzene rings is 1. The number of hydrogen-bond acceptors (Lipinski definition) is 3. The zero-order valence-corrected chi connectivity index (χ0v) is 17.3. The smallest absolute Gasteiger partial charge is 0.744 e. The predicted octanol–water partition coefficient (Wildman–Crippen LogP) is 1.63. The van der Waals surface area contributed by atoms with Crippen LogP contribution in [0.15, 0.2) is 29.2 Å². The van der Waals surface area contributed by atoms with Crippen molar-refractivity contribution in [3.8, 4) is 0 Å². The van der Waals surface area contributed by atoms with Gasteiger partial charge in [0.05, 0.1) is 4.90 Å². The minimum atomic E-state index is -4.39. The van der Waals surface area contributed by atoms with Gasteiger partial charge in [0.2, 0.25) is 0 Å². The summed E-state index contributed by atoms with van der Waals surface area (Å²) in [6.07, 6.45) is 12.0. The van der Waals surface area contributed by atoms with Crippen LogP contribution in [0.5, 0.6) is 0 Å². The predicted molar refractivity (Wildman–Crippen MR) is 88.8 cm³/mol. The molecule has 0 aromatic heterocycles.